The molecule has 0 spiro atoms. The van der Waals surface area contributed by atoms with Gasteiger partial charge in [0.2, 0.25) is 5.91 Å². The lowest BCUT2D eigenvalue weighted by atomic mass is 10.1. The fraction of sp³-hybridized carbons (Fsp3) is 0.435. The monoisotopic (exact) mass is 440 g/mol. The Kier molecular flexibility index (Phi) is 6.45. The van der Waals surface area contributed by atoms with Crippen molar-refractivity contribution >= 4 is 17.1 Å². The van der Waals surface area contributed by atoms with Crippen LogP contribution in [0.2, 0.25) is 0 Å². The van der Waals surface area contributed by atoms with E-state index in [1.807, 2.05) is 18.2 Å². The van der Waals surface area contributed by atoms with Gasteiger partial charge in [0, 0.05) is 32.0 Å². The number of rotatable bonds is 8. The Hall–Kier alpha value is -3.33. The molecule has 3 aromatic rings. The number of hydrogen-bond donors (Lipinski definition) is 0. The fourth-order valence-electron chi connectivity index (χ4n) is 4.31. The zero-order valence-electron chi connectivity index (χ0n) is 18.6. The molecule has 2 aromatic heterocycles. The largest absolute Gasteiger partial charge is 0.497 e. The summed E-state index contributed by atoms with van der Waals surface area (Å²) in [5.74, 6) is 1.31. The third-order valence-electron chi connectivity index (χ3n) is 5.95. The molecule has 1 saturated heterocycles. The summed E-state index contributed by atoms with van der Waals surface area (Å²) in [6.07, 6.45) is 2.59. The molecule has 0 bridgehead atoms. The lowest BCUT2D eigenvalue weighted by Crippen LogP contribution is -2.33. The van der Waals surface area contributed by atoms with Crippen molar-refractivity contribution in [2.45, 2.75) is 25.4 Å². The Morgan fingerprint density at radius 2 is 2.03 bits per heavy atom. The van der Waals surface area contributed by atoms with E-state index in [-0.39, 0.29) is 24.1 Å². The van der Waals surface area contributed by atoms with Crippen molar-refractivity contribution < 1.29 is 19.0 Å². The minimum absolute atomic E-state index is 0.0109. The van der Waals surface area contributed by atoms with Crippen LogP contribution in [-0.4, -0.2) is 66.0 Å². The van der Waals surface area contributed by atoms with Gasteiger partial charge in [0.1, 0.15) is 11.5 Å². The first-order chi connectivity index (χ1) is 15.6. The molecule has 1 aliphatic rings. The molecule has 1 aromatic carbocycles. The number of benzene rings is 1. The lowest BCUT2D eigenvalue weighted by molar-refractivity contribution is -0.129. The van der Waals surface area contributed by atoms with Crippen molar-refractivity contribution in [1.29, 1.82) is 0 Å². The van der Waals surface area contributed by atoms with Crippen LogP contribution < -0.4 is 15.2 Å². The van der Waals surface area contributed by atoms with E-state index in [2.05, 4.69) is 4.98 Å². The normalized spacial score (nSPS) is 16.0. The van der Waals surface area contributed by atoms with Gasteiger partial charge in [-0.15, -0.1) is 0 Å². The minimum atomic E-state index is -0.125. The van der Waals surface area contributed by atoms with E-state index in [4.69, 9.17) is 14.2 Å². The molecule has 1 fully saturated rings. The number of aromatic nitrogens is 3. The molecule has 170 valence electrons. The van der Waals surface area contributed by atoms with Crippen LogP contribution in [0.4, 0.5) is 0 Å². The number of carbonyl (C=O) groups is 1. The van der Waals surface area contributed by atoms with Crippen LogP contribution in [0, 0.1) is 0 Å². The third kappa shape index (κ3) is 4.08. The summed E-state index contributed by atoms with van der Waals surface area (Å²) < 4.78 is 19.3. The average molecular weight is 441 g/mol. The first-order valence-electron chi connectivity index (χ1n) is 10.6. The Bertz CT molecular complexity index is 1170. The number of methoxy groups -OCH3 is 3. The quantitative estimate of drug-likeness (QED) is 0.532. The Balaban J connectivity index is 1.56. The van der Waals surface area contributed by atoms with Gasteiger partial charge in [0.25, 0.3) is 0 Å². The minimum Gasteiger partial charge on any atom is -0.497 e. The topological polar surface area (TPSA) is 87.8 Å². The highest BCUT2D eigenvalue weighted by Gasteiger charge is 2.31. The highest BCUT2D eigenvalue weighted by molar-refractivity contribution is 5.80. The van der Waals surface area contributed by atoms with E-state index in [0.29, 0.717) is 49.8 Å². The predicted molar refractivity (Wildman–Crippen MR) is 119 cm³/mol. The lowest BCUT2D eigenvalue weighted by Gasteiger charge is -2.18. The highest BCUT2D eigenvalue weighted by Crippen LogP contribution is 2.28. The van der Waals surface area contributed by atoms with Gasteiger partial charge in [-0.05, 0) is 36.8 Å². The number of carbonyl (C=O) groups excluding carboxylic acids is 1. The first kappa shape index (κ1) is 21.9. The fourth-order valence-corrected chi connectivity index (χ4v) is 4.31. The van der Waals surface area contributed by atoms with E-state index in [0.717, 1.165) is 11.1 Å². The number of hydrogen-bond acceptors (Lipinski definition) is 6. The maximum Gasteiger partial charge on any atom is 0.330 e. The maximum atomic E-state index is 13.2. The van der Waals surface area contributed by atoms with Gasteiger partial charge in [0.15, 0.2) is 5.65 Å². The van der Waals surface area contributed by atoms with Gasteiger partial charge in [-0.2, -0.15) is 0 Å². The van der Waals surface area contributed by atoms with Gasteiger partial charge in [-0.1, -0.05) is 0 Å². The second kappa shape index (κ2) is 9.44. The van der Waals surface area contributed by atoms with Crippen molar-refractivity contribution in [3.05, 3.63) is 52.6 Å². The van der Waals surface area contributed by atoms with E-state index in [9.17, 15) is 9.59 Å². The van der Waals surface area contributed by atoms with Gasteiger partial charge in [-0.25, -0.2) is 9.78 Å². The van der Waals surface area contributed by atoms with Crippen molar-refractivity contribution in [1.82, 2.24) is 19.0 Å². The van der Waals surface area contributed by atoms with Gasteiger partial charge in [-0.3, -0.25) is 13.9 Å². The summed E-state index contributed by atoms with van der Waals surface area (Å²) in [5.41, 5.74) is 2.07. The van der Waals surface area contributed by atoms with Crippen molar-refractivity contribution in [2.24, 2.45) is 0 Å². The maximum absolute atomic E-state index is 13.2. The molecule has 3 heterocycles. The molecule has 1 atom stereocenters. The summed E-state index contributed by atoms with van der Waals surface area (Å²) in [6, 6.07) is 9.01. The molecule has 0 saturated carbocycles. The average Bonchev–Trinajstić information content (AvgIpc) is 3.40. The van der Waals surface area contributed by atoms with E-state index < -0.39 is 0 Å². The number of nitrogens with zero attached hydrogens (tertiary/aromatic N) is 4. The molecule has 1 aliphatic heterocycles. The number of fused-ring (bicyclic) bond motifs is 1. The molecule has 0 radical (unpaired) electrons. The molecule has 0 N–H and O–H groups in total. The highest BCUT2D eigenvalue weighted by atomic mass is 16.5. The van der Waals surface area contributed by atoms with Crippen molar-refractivity contribution in [2.75, 3.05) is 41.0 Å². The van der Waals surface area contributed by atoms with Gasteiger partial charge >= 0.3 is 5.69 Å². The summed E-state index contributed by atoms with van der Waals surface area (Å²) >= 11 is 0. The van der Waals surface area contributed by atoms with Crippen LogP contribution in [0.3, 0.4) is 0 Å². The Labute approximate surface area is 186 Å². The summed E-state index contributed by atoms with van der Waals surface area (Å²) in [7, 11) is 4.79. The second-order valence-corrected chi connectivity index (χ2v) is 7.78. The molecular formula is C23H28N4O5. The Morgan fingerprint density at radius 1 is 1.19 bits per heavy atom. The molecular weight excluding hydrogens is 412 g/mol. The van der Waals surface area contributed by atoms with E-state index >= 15 is 0 Å². The number of imidazole rings is 1. The molecule has 4 rings (SSSR count). The number of ether oxygens (including phenoxy) is 3. The number of pyridine rings is 1. The molecule has 32 heavy (non-hydrogen) atoms. The standard InChI is InChI=1S/C23H28N4O5/c1-30-12-11-26-19-5-4-9-24-22(19)27(23(26)29)17-8-10-25(15-17)21(28)14-16-13-18(31-2)6-7-20(16)32-3/h4-7,9,13,17H,8,10-12,14-15H2,1-3H3. The van der Waals surface area contributed by atoms with Crippen LogP contribution in [0.1, 0.15) is 18.0 Å². The van der Waals surface area contributed by atoms with Crippen LogP contribution in [-0.2, 0) is 22.5 Å². The smallest absolute Gasteiger partial charge is 0.330 e. The van der Waals surface area contributed by atoms with Crippen molar-refractivity contribution in [3.8, 4) is 11.5 Å². The van der Waals surface area contributed by atoms with Crippen LogP contribution in [0.15, 0.2) is 41.3 Å². The van der Waals surface area contributed by atoms with Gasteiger partial charge in [0.05, 0.1) is 45.4 Å². The summed E-state index contributed by atoms with van der Waals surface area (Å²) in [5, 5.41) is 0. The van der Waals surface area contributed by atoms with Crippen LogP contribution in [0.5, 0.6) is 11.5 Å². The molecule has 9 heteroatoms. The third-order valence-corrected chi connectivity index (χ3v) is 5.95. The zero-order chi connectivity index (χ0) is 22.7. The van der Waals surface area contributed by atoms with Gasteiger partial charge < -0.3 is 19.1 Å². The summed E-state index contributed by atoms with van der Waals surface area (Å²) in [6.45, 7) is 1.94. The molecule has 1 unspecified atom stereocenters. The van der Waals surface area contributed by atoms with E-state index in [1.165, 1.54) is 0 Å². The first-order valence-corrected chi connectivity index (χ1v) is 10.6. The number of likely N-dealkylation sites (tertiary alicyclic amines) is 1. The molecule has 9 nitrogen and oxygen atoms in total. The molecule has 0 aliphatic carbocycles. The summed E-state index contributed by atoms with van der Waals surface area (Å²) in [4.78, 5) is 32.5. The molecule has 1 amide bonds. The predicted octanol–water partition coefficient (Wildman–Crippen LogP) is 1.88. The Morgan fingerprint density at radius 3 is 2.78 bits per heavy atom. The van der Waals surface area contributed by atoms with E-state index in [1.54, 1.807) is 53.7 Å². The zero-order valence-corrected chi connectivity index (χ0v) is 18.6. The van der Waals surface area contributed by atoms with Crippen LogP contribution in [0.25, 0.3) is 11.2 Å². The van der Waals surface area contributed by atoms with Crippen LogP contribution >= 0.6 is 0 Å². The van der Waals surface area contributed by atoms with Crippen molar-refractivity contribution in [3.63, 3.8) is 0 Å². The number of amides is 1. The SMILES string of the molecule is COCCn1c(=O)n(C2CCN(C(=O)Cc3cc(OC)ccc3OC)C2)c2ncccc21. The second-order valence-electron chi connectivity index (χ2n) is 7.78.